The summed E-state index contributed by atoms with van der Waals surface area (Å²) in [4.78, 5) is 38.3. The molecule has 0 spiro atoms. The number of likely N-dealkylation sites (N-methyl/N-ethyl adjacent to an activating group) is 1. The van der Waals surface area contributed by atoms with Gasteiger partial charge in [-0.15, -0.1) is 0 Å². The molecule has 1 saturated heterocycles. The molecule has 6 nitrogen and oxygen atoms in total. The third kappa shape index (κ3) is 3.42. The second-order valence-electron chi connectivity index (χ2n) is 6.50. The maximum absolute atomic E-state index is 12.2. The van der Waals surface area contributed by atoms with E-state index >= 15 is 0 Å². The van der Waals surface area contributed by atoms with Gasteiger partial charge in [-0.2, -0.15) is 0 Å². The molecule has 1 aromatic rings. The zero-order valence-electron chi connectivity index (χ0n) is 14.0. The summed E-state index contributed by atoms with van der Waals surface area (Å²) in [5, 5.41) is 3.09. The highest BCUT2D eigenvalue weighted by molar-refractivity contribution is 6.01. The fourth-order valence-electron chi connectivity index (χ4n) is 3.46. The number of rotatable bonds is 5. The Hall–Kier alpha value is -2.37. The van der Waals surface area contributed by atoms with E-state index in [1.165, 1.54) is 20.9 Å². The van der Waals surface area contributed by atoms with E-state index in [0.717, 1.165) is 19.3 Å². The van der Waals surface area contributed by atoms with E-state index in [9.17, 15) is 14.4 Å². The molecule has 6 heteroatoms. The standard InChI is InChI=1S/C18H23N3O3/c1-20-12-17(23)21(18(20)24)11-5-10-16(22)19-15-9-4-7-13-6-2-3-8-14(13)15/h2-3,6,8,15H,4-5,7,9-12H2,1H3,(H,19,22). The lowest BCUT2D eigenvalue weighted by Gasteiger charge is -2.26. The smallest absolute Gasteiger partial charge is 0.326 e. The Balaban J connectivity index is 1.49. The molecule has 0 saturated carbocycles. The van der Waals surface area contributed by atoms with E-state index < -0.39 is 0 Å². The molecule has 1 aliphatic heterocycles. The summed E-state index contributed by atoms with van der Waals surface area (Å²) in [6.45, 7) is 0.431. The average Bonchev–Trinajstić information content (AvgIpc) is 2.81. The number of urea groups is 1. The van der Waals surface area contributed by atoms with Gasteiger partial charge in [-0.3, -0.25) is 14.5 Å². The van der Waals surface area contributed by atoms with Crippen LogP contribution in [0.4, 0.5) is 4.79 Å². The highest BCUT2D eigenvalue weighted by atomic mass is 16.2. The maximum atomic E-state index is 12.2. The van der Waals surface area contributed by atoms with Crippen molar-refractivity contribution in [1.82, 2.24) is 15.1 Å². The predicted octanol–water partition coefficient (Wildman–Crippen LogP) is 1.85. The van der Waals surface area contributed by atoms with E-state index in [0.29, 0.717) is 19.4 Å². The van der Waals surface area contributed by atoms with Gasteiger partial charge in [0.1, 0.15) is 6.54 Å². The highest BCUT2D eigenvalue weighted by Crippen LogP contribution is 2.29. The Bertz CT molecular complexity index is 659. The zero-order chi connectivity index (χ0) is 17.1. The first-order valence-corrected chi connectivity index (χ1v) is 8.49. The van der Waals surface area contributed by atoms with E-state index in [4.69, 9.17) is 0 Å². The molecule has 128 valence electrons. The van der Waals surface area contributed by atoms with Crippen LogP contribution >= 0.6 is 0 Å². The summed E-state index contributed by atoms with van der Waals surface area (Å²) in [5.41, 5.74) is 2.52. The molecule has 2 aliphatic rings. The van der Waals surface area contributed by atoms with Gasteiger partial charge < -0.3 is 10.2 Å². The molecule has 1 fully saturated rings. The Morgan fingerprint density at radius 3 is 2.83 bits per heavy atom. The van der Waals surface area contributed by atoms with Crippen LogP contribution in [0.1, 0.15) is 42.9 Å². The molecule has 0 radical (unpaired) electrons. The molecular formula is C18H23N3O3. The second-order valence-corrected chi connectivity index (χ2v) is 6.50. The molecule has 1 aliphatic carbocycles. The van der Waals surface area contributed by atoms with Gasteiger partial charge in [0.15, 0.2) is 0 Å². The van der Waals surface area contributed by atoms with E-state index in [1.807, 2.05) is 12.1 Å². The number of aryl methyl sites for hydroxylation is 1. The molecule has 1 heterocycles. The Morgan fingerprint density at radius 1 is 1.29 bits per heavy atom. The number of fused-ring (bicyclic) bond motifs is 1. The molecular weight excluding hydrogens is 306 g/mol. The van der Waals surface area contributed by atoms with Crippen LogP contribution < -0.4 is 5.32 Å². The number of imide groups is 1. The second kappa shape index (κ2) is 7.03. The number of carbonyl (C=O) groups is 3. The first kappa shape index (κ1) is 16.5. The van der Waals surface area contributed by atoms with Crippen molar-refractivity contribution in [2.24, 2.45) is 0 Å². The third-order valence-electron chi connectivity index (χ3n) is 4.72. The van der Waals surface area contributed by atoms with Crippen molar-refractivity contribution in [2.75, 3.05) is 20.1 Å². The van der Waals surface area contributed by atoms with Gasteiger partial charge in [0.25, 0.3) is 0 Å². The minimum absolute atomic E-state index is 0.0239. The fourth-order valence-corrected chi connectivity index (χ4v) is 3.46. The van der Waals surface area contributed by atoms with Crippen LogP contribution in [-0.4, -0.2) is 47.8 Å². The van der Waals surface area contributed by atoms with Gasteiger partial charge in [0.2, 0.25) is 11.8 Å². The van der Waals surface area contributed by atoms with Crippen LogP contribution in [0, 0.1) is 0 Å². The SMILES string of the molecule is CN1CC(=O)N(CCCC(=O)NC2CCCc3ccccc32)C1=O. The van der Waals surface area contributed by atoms with Gasteiger partial charge in [-0.25, -0.2) is 4.79 Å². The summed E-state index contributed by atoms with van der Waals surface area (Å²) in [7, 11) is 1.60. The van der Waals surface area contributed by atoms with Gasteiger partial charge in [-0.05, 0) is 36.8 Å². The predicted molar refractivity (Wildman–Crippen MR) is 89.2 cm³/mol. The Labute approximate surface area is 141 Å². The van der Waals surface area contributed by atoms with E-state index in [2.05, 4.69) is 17.4 Å². The molecule has 3 rings (SSSR count). The number of nitrogens with zero attached hydrogens (tertiary/aromatic N) is 2. The molecule has 4 amide bonds. The van der Waals surface area contributed by atoms with Crippen LogP contribution in [0.5, 0.6) is 0 Å². The highest BCUT2D eigenvalue weighted by Gasteiger charge is 2.33. The number of nitrogens with one attached hydrogen (secondary N) is 1. The molecule has 1 atom stereocenters. The topological polar surface area (TPSA) is 69.7 Å². The summed E-state index contributed by atoms with van der Waals surface area (Å²) in [6.07, 6.45) is 3.90. The fraction of sp³-hybridized carbons (Fsp3) is 0.500. The first-order valence-electron chi connectivity index (χ1n) is 8.49. The first-order chi connectivity index (χ1) is 11.6. The number of amides is 4. The van der Waals surface area contributed by atoms with Gasteiger partial charge in [-0.1, -0.05) is 24.3 Å². The van der Waals surface area contributed by atoms with Crippen molar-refractivity contribution in [3.05, 3.63) is 35.4 Å². The van der Waals surface area contributed by atoms with Crippen molar-refractivity contribution in [3.8, 4) is 0 Å². The Morgan fingerprint density at radius 2 is 2.08 bits per heavy atom. The van der Waals surface area contributed by atoms with Crippen molar-refractivity contribution in [3.63, 3.8) is 0 Å². The lowest BCUT2D eigenvalue weighted by atomic mass is 9.87. The number of hydrogen-bond donors (Lipinski definition) is 1. The Kier molecular flexibility index (Phi) is 4.83. The molecule has 0 aromatic heterocycles. The molecule has 1 N–H and O–H groups in total. The average molecular weight is 329 g/mol. The summed E-state index contributed by atoms with van der Waals surface area (Å²) in [6, 6.07) is 8.03. The monoisotopic (exact) mass is 329 g/mol. The summed E-state index contributed by atoms with van der Waals surface area (Å²) < 4.78 is 0. The van der Waals surface area contributed by atoms with Crippen molar-refractivity contribution in [1.29, 1.82) is 0 Å². The van der Waals surface area contributed by atoms with Gasteiger partial charge in [0, 0.05) is 20.0 Å². The minimum Gasteiger partial charge on any atom is -0.349 e. The molecule has 24 heavy (non-hydrogen) atoms. The van der Waals surface area contributed by atoms with Crippen LogP contribution in [0.15, 0.2) is 24.3 Å². The van der Waals surface area contributed by atoms with Crippen LogP contribution in [-0.2, 0) is 16.0 Å². The van der Waals surface area contributed by atoms with Crippen molar-refractivity contribution >= 4 is 17.8 Å². The van der Waals surface area contributed by atoms with Crippen LogP contribution in [0.25, 0.3) is 0 Å². The van der Waals surface area contributed by atoms with Crippen molar-refractivity contribution in [2.45, 2.75) is 38.1 Å². The quantitative estimate of drug-likeness (QED) is 0.838. The number of benzene rings is 1. The third-order valence-corrected chi connectivity index (χ3v) is 4.72. The minimum atomic E-state index is -0.276. The normalized spacial score (nSPS) is 20.3. The zero-order valence-corrected chi connectivity index (χ0v) is 14.0. The maximum Gasteiger partial charge on any atom is 0.326 e. The van der Waals surface area contributed by atoms with Crippen molar-refractivity contribution < 1.29 is 14.4 Å². The van der Waals surface area contributed by atoms with Gasteiger partial charge >= 0.3 is 6.03 Å². The summed E-state index contributed by atoms with van der Waals surface area (Å²) in [5.74, 6) is -0.215. The lowest BCUT2D eigenvalue weighted by molar-refractivity contribution is -0.126. The van der Waals surface area contributed by atoms with Gasteiger partial charge in [0.05, 0.1) is 6.04 Å². The summed E-state index contributed by atoms with van der Waals surface area (Å²) >= 11 is 0. The van der Waals surface area contributed by atoms with Crippen LogP contribution in [0.2, 0.25) is 0 Å². The van der Waals surface area contributed by atoms with Crippen LogP contribution in [0.3, 0.4) is 0 Å². The lowest BCUT2D eigenvalue weighted by Crippen LogP contribution is -2.34. The largest absolute Gasteiger partial charge is 0.349 e. The number of carbonyl (C=O) groups excluding carboxylic acids is 3. The van der Waals surface area contributed by atoms with E-state index in [1.54, 1.807) is 7.05 Å². The van der Waals surface area contributed by atoms with E-state index in [-0.39, 0.29) is 30.4 Å². The molecule has 1 unspecified atom stereocenters. The molecule has 0 bridgehead atoms. The molecule has 1 aromatic carbocycles. The number of hydrogen-bond acceptors (Lipinski definition) is 3.